The number of nitrogens with one attached hydrogen (secondary N) is 2. The van der Waals surface area contributed by atoms with Crippen LogP contribution in [0.25, 0.3) is 0 Å². The van der Waals surface area contributed by atoms with Crippen LogP contribution < -0.4 is 24.8 Å². The summed E-state index contributed by atoms with van der Waals surface area (Å²) in [5.74, 6) is 1.24. The predicted octanol–water partition coefficient (Wildman–Crippen LogP) is 4.68. The van der Waals surface area contributed by atoms with Crippen molar-refractivity contribution in [2.45, 2.75) is 25.9 Å². The molecule has 0 unspecified atom stereocenters. The molecule has 33 heavy (non-hydrogen) atoms. The Bertz CT molecular complexity index is 1170. The Balaban J connectivity index is 1.33. The van der Waals surface area contributed by atoms with E-state index in [0.717, 1.165) is 12.0 Å². The van der Waals surface area contributed by atoms with Gasteiger partial charge in [0.2, 0.25) is 0 Å². The van der Waals surface area contributed by atoms with Crippen molar-refractivity contribution >= 4 is 23.2 Å². The van der Waals surface area contributed by atoms with Crippen LogP contribution in [0.4, 0.5) is 11.4 Å². The number of methoxy groups -OCH3 is 1. The number of fused-ring (bicyclic) bond motifs is 1. The molecular formula is C26H26N2O5. The predicted molar refractivity (Wildman–Crippen MR) is 126 cm³/mol. The maximum Gasteiger partial charge on any atom is 0.262 e. The Labute approximate surface area is 192 Å². The van der Waals surface area contributed by atoms with Gasteiger partial charge in [0.1, 0.15) is 11.4 Å². The molecule has 7 nitrogen and oxygen atoms in total. The molecule has 1 heterocycles. The van der Waals surface area contributed by atoms with Crippen molar-refractivity contribution in [1.82, 2.24) is 0 Å². The van der Waals surface area contributed by atoms with Crippen LogP contribution in [-0.2, 0) is 11.2 Å². The SMILES string of the molecule is COc1ccccc1NC(=O)c1ccc(NC(=O)COc2cccc3c2OC(C)(C)C3)cc1. The van der Waals surface area contributed by atoms with Crippen molar-refractivity contribution in [3.63, 3.8) is 0 Å². The van der Waals surface area contributed by atoms with Crippen molar-refractivity contribution in [3.8, 4) is 17.2 Å². The fraction of sp³-hybridized carbons (Fsp3) is 0.231. The average molecular weight is 447 g/mol. The molecule has 4 rings (SSSR count). The van der Waals surface area contributed by atoms with Gasteiger partial charge in [-0.2, -0.15) is 0 Å². The third-order valence-corrected chi connectivity index (χ3v) is 5.20. The summed E-state index contributed by atoms with van der Waals surface area (Å²) >= 11 is 0. The normalized spacial score (nSPS) is 13.4. The summed E-state index contributed by atoms with van der Waals surface area (Å²) < 4.78 is 16.9. The lowest BCUT2D eigenvalue weighted by atomic mass is 10.0. The summed E-state index contributed by atoms with van der Waals surface area (Å²) in [5.41, 5.74) is 2.38. The van der Waals surface area contributed by atoms with E-state index < -0.39 is 0 Å². The molecular weight excluding hydrogens is 420 g/mol. The lowest BCUT2D eigenvalue weighted by Gasteiger charge is -2.18. The number of hydrogen-bond acceptors (Lipinski definition) is 5. The van der Waals surface area contributed by atoms with E-state index in [9.17, 15) is 9.59 Å². The van der Waals surface area contributed by atoms with Gasteiger partial charge < -0.3 is 24.8 Å². The maximum absolute atomic E-state index is 12.5. The van der Waals surface area contributed by atoms with Crippen molar-refractivity contribution < 1.29 is 23.8 Å². The quantitative estimate of drug-likeness (QED) is 0.551. The number of carbonyl (C=O) groups excluding carboxylic acids is 2. The van der Waals surface area contributed by atoms with Crippen molar-refractivity contribution in [1.29, 1.82) is 0 Å². The molecule has 1 aliphatic heterocycles. The van der Waals surface area contributed by atoms with E-state index in [1.54, 1.807) is 49.6 Å². The highest BCUT2D eigenvalue weighted by Gasteiger charge is 2.32. The lowest BCUT2D eigenvalue weighted by Crippen LogP contribution is -2.25. The third-order valence-electron chi connectivity index (χ3n) is 5.20. The monoisotopic (exact) mass is 446 g/mol. The van der Waals surface area contributed by atoms with E-state index in [1.807, 2.05) is 38.1 Å². The zero-order valence-corrected chi connectivity index (χ0v) is 18.8. The van der Waals surface area contributed by atoms with Crippen LogP contribution in [0.2, 0.25) is 0 Å². The summed E-state index contributed by atoms with van der Waals surface area (Å²) in [6.45, 7) is 3.88. The van der Waals surface area contributed by atoms with E-state index in [2.05, 4.69) is 10.6 Å². The highest BCUT2D eigenvalue weighted by molar-refractivity contribution is 6.05. The van der Waals surface area contributed by atoms with Gasteiger partial charge in [-0.25, -0.2) is 0 Å². The Kier molecular flexibility index (Phi) is 6.22. The topological polar surface area (TPSA) is 85.9 Å². The van der Waals surface area contributed by atoms with Crippen LogP contribution in [0.5, 0.6) is 17.2 Å². The van der Waals surface area contributed by atoms with Gasteiger partial charge in [-0.15, -0.1) is 0 Å². The van der Waals surface area contributed by atoms with E-state index in [-0.39, 0.29) is 24.0 Å². The highest BCUT2D eigenvalue weighted by Crippen LogP contribution is 2.41. The second kappa shape index (κ2) is 9.24. The van der Waals surface area contributed by atoms with Crippen LogP contribution in [0.1, 0.15) is 29.8 Å². The minimum absolute atomic E-state index is 0.156. The van der Waals surface area contributed by atoms with Gasteiger partial charge in [0, 0.05) is 23.2 Å². The molecule has 7 heteroatoms. The molecule has 1 aliphatic rings. The number of benzene rings is 3. The maximum atomic E-state index is 12.5. The second-order valence-electron chi connectivity index (χ2n) is 8.35. The van der Waals surface area contributed by atoms with Gasteiger partial charge in [-0.3, -0.25) is 9.59 Å². The van der Waals surface area contributed by atoms with Gasteiger partial charge in [0.15, 0.2) is 18.1 Å². The Hall–Kier alpha value is -4.00. The van der Waals surface area contributed by atoms with E-state index in [1.165, 1.54) is 0 Å². The van der Waals surface area contributed by atoms with Gasteiger partial charge in [0.25, 0.3) is 11.8 Å². The summed E-state index contributed by atoms with van der Waals surface area (Å²) in [6, 6.07) is 19.5. The molecule has 0 aliphatic carbocycles. The van der Waals surface area contributed by atoms with Crippen molar-refractivity contribution in [2.75, 3.05) is 24.4 Å². The first-order valence-corrected chi connectivity index (χ1v) is 10.6. The van der Waals surface area contributed by atoms with Crippen molar-refractivity contribution in [3.05, 3.63) is 77.9 Å². The molecule has 0 saturated carbocycles. The van der Waals surface area contributed by atoms with Crippen LogP contribution in [0.3, 0.4) is 0 Å². The number of amides is 2. The molecule has 0 radical (unpaired) electrons. The number of ether oxygens (including phenoxy) is 3. The summed E-state index contributed by atoms with van der Waals surface area (Å²) in [6.07, 6.45) is 0.794. The molecule has 0 atom stereocenters. The fourth-order valence-corrected chi connectivity index (χ4v) is 3.69. The molecule has 0 spiro atoms. The smallest absolute Gasteiger partial charge is 0.262 e. The number of carbonyl (C=O) groups is 2. The first kappa shape index (κ1) is 22.2. The van der Waals surface area contributed by atoms with Gasteiger partial charge in [-0.1, -0.05) is 24.3 Å². The summed E-state index contributed by atoms with van der Waals surface area (Å²) in [7, 11) is 1.55. The molecule has 2 amide bonds. The highest BCUT2D eigenvalue weighted by atomic mass is 16.5. The zero-order chi connectivity index (χ0) is 23.4. The number of rotatable bonds is 7. The molecule has 3 aromatic rings. The molecule has 170 valence electrons. The summed E-state index contributed by atoms with van der Waals surface area (Å²) in [5, 5.41) is 5.59. The first-order valence-electron chi connectivity index (χ1n) is 10.6. The van der Waals surface area contributed by atoms with E-state index in [0.29, 0.717) is 34.2 Å². The lowest BCUT2D eigenvalue weighted by molar-refractivity contribution is -0.118. The molecule has 3 aromatic carbocycles. The molecule has 0 aromatic heterocycles. The van der Waals surface area contributed by atoms with Crippen LogP contribution in [0, 0.1) is 0 Å². The Morgan fingerprint density at radius 1 is 0.939 bits per heavy atom. The largest absolute Gasteiger partial charge is 0.495 e. The molecule has 2 N–H and O–H groups in total. The van der Waals surface area contributed by atoms with E-state index in [4.69, 9.17) is 14.2 Å². The van der Waals surface area contributed by atoms with Crippen LogP contribution in [-0.4, -0.2) is 31.1 Å². The number of anilines is 2. The zero-order valence-electron chi connectivity index (χ0n) is 18.8. The van der Waals surface area contributed by atoms with Gasteiger partial charge >= 0.3 is 0 Å². The number of para-hydroxylation sites is 3. The van der Waals surface area contributed by atoms with Gasteiger partial charge in [-0.05, 0) is 56.3 Å². The van der Waals surface area contributed by atoms with Gasteiger partial charge in [0.05, 0.1) is 12.8 Å². The molecule has 0 bridgehead atoms. The minimum Gasteiger partial charge on any atom is -0.495 e. The second-order valence-corrected chi connectivity index (χ2v) is 8.35. The fourth-order valence-electron chi connectivity index (χ4n) is 3.69. The average Bonchev–Trinajstić information content (AvgIpc) is 3.13. The molecule has 0 saturated heterocycles. The Morgan fingerprint density at radius 2 is 1.67 bits per heavy atom. The first-order chi connectivity index (χ1) is 15.8. The van der Waals surface area contributed by atoms with E-state index >= 15 is 0 Å². The summed E-state index contributed by atoms with van der Waals surface area (Å²) in [4.78, 5) is 24.9. The van der Waals surface area contributed by atoms with Crippen molar-refractivity contribution in [2.24, 2.45) is 0 Å². The van der Waals surface area contributed by atoms with Crippen LogP contribution in [0.15, 0.2) is 66.7 Å². The third kappa shape index (κ3) is 5.26. The van der Waals surface area contributed by atoms with Crippen LogP contribution >= 0.6 is 0 Å². The number of hydrogen-bond donors (Lipinski definition) is 2. The minimum atomic E-state index is -0.309. The standard InChI is InChI=1S/C26H26N2O5/c1-26(2)15-18-7-6-10-22(24(18)33-26)32-16-23(29)27-19-13-11-17(12-14-19)25(30)28-20-8-4-5-9-21(20)31-3/h4-14H,15-16H2,1-3H3,(H,27,29)(H,28,30). The Morgan fingerprint density at radius 3 is 2.42 bits per heavy atom. The molecule has 0 fully saturated rings.